The van der Waals surface area contributed by atoms with Gasteiger partial charge in [0.2, 0.25) is 0 Å². The zero-order valence-corrected chi connectivity index (χ0v) is 17.9. The zero-order chi connectivity index (χ0) is 21.5. The molecule has 1 aliphatic heterocycles. The highest BCUT2D eigenvalue weighted by atomic mass is 16.5. The average molecular weight is 417 g/mol. The van der Waals surface area contributed by atoms with Crippen LogP contribution < -0.4 is 16.6 Å². The second-order valence-corrected chi connectivity index (χ2v) is 7.84. The molecule has 1 aromatic carbocycles. The molecular formula is C22H32N4O4. The molecular weight excluding hydrogens is 384 g/mol. The molecule has 164 valence electrons. The van der Waals surface area contributed by atoms with Crippen LogP contribution in [0.25, 0.3) is 10.9 Å². The SMILES string of the molecule is CC[C@H]1CCCCN1CCCNC(=O)c1ccc2c(=O)n(CCOC)c(=O)[nH]c2c1. The number of ether oxygens (including phenoxy) is 1. The summed E-state index contributed by atoms with van der Waals surface area (Å²) in [6.07, 6.45) is 5.91. The summed E-state index contributed by atoms with van der Waals surface area (Å²) in [5.41, 5.74) is -0.0964. The van der Waals surface area contributed by atoms with E-state index in [0.29, 0.717) is 29.1 Å². The van der Waals surface area contributed by atoms with E-state index in [1.807, 2.05) is 0 Å². The predicted molar refractivity (Wildman–Crippen MR) is 117 cm³/mol. The highest BCUT2D eigenvalue weighted by molar-refractivity contribution is 5.97. The number of fused-ring (bicyclic) bond motifs is 1. The fourth-order valence-corrected chi connectivity index (χ4v) is 4.18. The molecule has 0 aliphatic carbocycles. The Hall–Kier alpha value is -2.45. The van der Waals surface area contributed by atoms with Crippen LogP contribution in [0, 0.1) is 0 Å². The number of aromatic amines is 1. The van der Waals surface area contributed by atoms with Gasteiger partial charge in [-0.15, -0.1) is 0 Å². The molecule has 1 saturated heterocycles. The predicted octanol–water partition coefficient (Wildman–Crippen LogP) is 1.72. The number of piperidine rings is 1. The number of methoxy groups -OCH3 is 1. The minimum absolute atomic E-state index is 0.179. The van der Waals surface area contributed by atoms with E-state index in [-0.39, 0.29) is 24.6 Å². The van der Waals surface area contributed by atoms with E-state index in [0.717, 1.165) is 24.1 Å². The number of hydrogen-bond acceptors (Lipinski definition) is 5. The van der Waals surface area contributed by atoms with Crippen molar-refractivity contribution >= 4 is 16.8 Å². The number of carbonyl (C=O) groups excluding carboxylic acids is 1. The smallest absolute Gasteiger partial charge is 0.328 e. The molecule has 0 saturated carbocycles. The maximum atomic E-state index is 12.5. The summed E-state index contributed by atoms with van der Waals surface area (Å²) in [7, 11) is 1.51. The van der Waals surface area contributed by atoms with Crippen LogP contribution in [0.5, 0.6) is 0 Å². The van der Waals surface area contributed by atoms with Crippen molar-refractivity contribution < 1.29 is 9.53 Å². The maximum Gasteiger partial charge on any atom is 0.328 e. The van der Waals surface area contributed by atoms with Crippen molar-refractivity contribution in [2.24, 2.45) is 0 Å². The van der Waals surface area contributed by atoms with Gasteiger partial charge in [0.25, 0.3) is 11.5 Å². The molecule has 1 aliphatic rings. The first kappa shape index (κ1) is 22.2. The Bertz CT molecular complexity index is 981. The van der Waals surface area contributed by atoms with Crippen LogP contribution in [0.15, 0.2) is 27.8 Å². The van der Waals surface area contributed by atoms with E-state index in [4.69, 9.17) is 4.74 Å². The Kier molecular flexibility index (Phi) is 7.81. The van der Waals surface area contributed by atoms with Gasteiger partial charge in [-0.05, 0) is 50.4 Å². The lowest BCUT2D eigenvalue weighted by Crippen LogP contribution is -2.40. The number of carbonyl (C=O) groups is 1. The van der Waals surface area contributed by atoms with Gasteiger partial charge in [-0.3, -0.25) is 14.2 Å². The number of hydrogen-bond donors (Lipinski definition) is 2. The molecule has 0 bridgehead atoms. The van der Waals surface area contributed by atoms with Crippen LogP contribution in [-0.4, -0.2) is 59.8 Å². The second kappa shape index (κ2) is 10.5. The van der Waals surface area contributed by atoms with Gasteiger partial charge in [0.05, 0.1) is 24.1 Å². The molecule has 1 aromatic heterocycles. The monoisotopic (exact) mass is 416 g/mol. The number of nitrogens with one attached hydrogen (secondary N) is 2. The highest BCUT2D eigenvalue weighted by Crippen LogP contribution is 2.19. The summed E-state index contributed by atoms with van der Waals surface area (Å²) in [4.78, 5) is 42.5. The molecule has 1 fully saturated rings. The number of aromatic nitrogens is 2. The second-order valence-electron chi connectivity index (χ2n) is 7.84. The van der Waals surface area contributed by atoms with Crippen molar-refractivity contribution in [3.63, 3.8) is 0 Å². The molecule has 3 rings (SSSR count). The van der Waals surface area contributed by atoms with Crippen molar-refractivity contribution in [2.45, 2.75) is 51.6 Å². The largest absolute Gasteiger partial charge is 0.383 e. The minimum Gasteiger partial charge on any atom is -0.383 e. The van der Waals surface area contributed by atoms with Crippen LogP contribution in [0.3, 0.4) is 0 Å². The van der Waals surface area contributed by atoms with Gasteiger partial charge in [-0.25, -0.2) is 4.79 Å². The van der Waals surface area contributed by atoms with E-state index < -0.39 is 5.69 Å². The first-order valence-corrected chi connectivity index (χ1v) is 10.8. The van der Waals surface area contributed by atoms with Gasteiger partial charge in [-0.2, -0.15) is 0 Å². The molecule has 2 heterocycles. The first-order valence-electron chi connectivity index (χ1n) is 10.8. The number of benzene rings is 1. The normalized spacial score (nSPS) is 17.3. The van der Waals surface area contributed by atoms with Gasteiger partial charge in [0.15, 0.2) is 0 Å². The van der Waals surface area contributed by atoms with Crippen molar-refractivity contribution in [3.05, 3.63) is 44.6 Å². The number of nitrogens with zero attached hydrogens (tertiary/aromatic N) is 2. The number of rotatable bonds is 9. The topological polar surface area (TPSA) is 96.4 Å². The Balaban J connectivity index is 1.61. The Labute approximate surface area is 176 Å². The van der Waals surface area contributed by atoms with Crippen molar-refractivity contribution in [2.75, 3.05) is 33.4 Å². The molecule has 1 atom stereocenters. The standard InChI is InChI=1S/C22H32N4O4/c1-3-17-7-4-5-11-25(17)12-6-10-23-20(27)16-8-9-18-19(15-16)24-22(29)26(21(18)28)13-14-30-2/h8-9,15,17H,3-7,10-14H2,1-2H3,(H,23,27)(H,24,29)/t17-/m0/s1. The molecule has 2 aromatic rings. The van der Waals surface area contributed by atoms with Crippen molar-refractivity contribution in [1.82, 2.24) is 19.8 Å². The van der Waals surface area contributed by atoms with E-state index in [9.17, 15) is 14.4 Å². The molecule has 30 heavy (non-hydrogen) atoms. The summed E-state index contributed by atoms with van der Waals surface area (Å²) in [5.74, 6) is -0.202. The van der Waals surface area contributed by atoms with Gasteiger partial charge >= 0.3 is 5.69 Å². The number of H-pyrrole nitrogens is 1. The lowest BCUT2D eigenvalue weighted by Gasteiger charge is -2.35. The third-order valence-electron chi connectivity index (χ3n) is 5.89. The highest BCUT2D eigenvalue weighted by Gasteiger charge is 2.20. The van der Waals surface area contributed by atoms with Gasteiger partial charge in [0.1, 0.15) is 0 Å². The number of likely N-dealkylation sites (tertiary alicyclic amines) is 1. The maximum absolute atomic E-state index is 12.5. The van der Waals surface area contributed by atoms with Crippen LogP contribution in [0.1, 0.15) is 49.4 Å². The Morgan fingerprint density at radius 1 is 1.27 bits per heavy atom. The van der Waals surface area contributed by atoms with Crippen molar-refractivity contribution in [3.8, 4) is 0 Å². The van der Waals surface area contributed by atoms with Gasteiger partial charge < -0.3 is 19.9 Å². The molecule has 8 heteroatoms. The third kappa shape index (κ3) is 5.17. The Morgan fingerprint density at radius 2 is 2.10 bits per heavy atom. The van der Waals surface area contributed by atoms with Gasteiger partial charge in [-0.1, -0.05) is 13.3 Å². The summed E-state index contributed by atoms with van der Waals surface area (Å²) in [6.45, 7) is 5.42. The summed E-state index contributed by atoms with van der Waals surface area (Å²) < 4.78 is 6.05. The van der Waals surface area contributed by atoms with E-state index >= 15 is 0 Å². The summed E-state index contributed by atoms with van der Waals surface area (Å²) >= 11 is 0. The summed E-state index contributed by atoms with van der Waals surface area (Å²) in [6, 6.07) is 5.44. The lowest BCUT2D eigenvalue weighted by atomic mass is 10.00. The fourth-order valence-electron chi connectivity index (χ4n) is 4.18. The lowest BCUT2D eigenvalue weighted by molar-refractivity contribution is 0.0947. The third-order valence-corrected chi connectivity index (χ3v) is 5.89. The Morgan fingerprint density at radius 3 is 2.87 bits per heavy atom. The van der Waals surface area contributed by atoms with Gasteiger partial charge in [0, 0.05) is 31.8 Å². The number of amides is 1. The molecule has 0 spiro atoms. The molecule has 0 unspecified atom stereocenters. The van der Waals surface area contributed by atoms with E-state index in [2.05, 4.69) is 22.1 Å². The van der Waals surface area contributed by atoms with Crippen molar-refractivity contribution in [1.29, 1.82) is 0 Å². The van der Waals surface area contributed by atoms with E-state index in [1.165, 1.54) is 32.8 Å². The summed E-state index contributed by atoms with van der Waals surface area (Å²) in [5, 5.41) is 3.32. The molecule has 2 N–H and O–H groups in total. The van der Waals surface area contributed by atoms with Crippen LogP contribution in [0.4, 0.5) is 0 Å². The quantitative estimate of drug-likeness (QED) is 0.607. The van der Waals surface area contributed by atoms with Crippen LogP contribution >= 0.6 is 0 Å². The minimum atomic E-state index is -0.505. The molecule has 8 nitrogen and oxygen atoms in total. The van der Waals surface area contributed by atoms with Crippen LogP contribution in [0.2, 0.25) is 0 Å². The molecule has 1 amide bonds. The average Bonchev–Trinajstić information content (AvgIpc) is 2.76. The zero-order valence-electron chi connectivity index (χ0n) is 17.9. The van der Waals surface area contributed by atoms with Crippen LogP contribution in [-0.2, 0) is 11.3 Å². The molecule has 0 radical (unpaired) electrons. The fraction of sp³-hybridized carbons (Fsp3) is 0.591. The van der Waals surface area contributed by atoms with E-state index in [1.54, 1.807) is 18.2 Å². The first-order chi connectivity index (χ1) is 14.5.